The van der Waals surface area contributed by atoms with Crippen molar-refractivity contribution in [1.82, 2.24) is 0 Å². The van der Waals surface area contributed by atoms with Crippen LogP contribution >= 0.6 is 0 Å². The normalized spacial score (nSPS) is 13.4. The highest BCUT2D eigenvalue weighted by Crippen LogP contribution is 2.33. The van der Waals surface area contributed by atoms with E-state index in [2.05, 4.69) is 6.92 Å². The zero-order valence-electron chi connectivity index (χ0n) is 19.4. The van der Waals surface area contributed by atoms with Crippen LogP contribution in [-0.4, -0.2) is 23.3 Å². The Morgan fingerprint density at radius 1 is 0.806 bits per heavy atom. The van der Waals surface area contributed by atoms with E-state index in [1.54, 1.807) is 27.7 Å². The van der Waals surface area contributed by atoms with E-state index in [0.29, 0.717) is 12.5 Å². The third kappa shape index (κ3) is 9.07. The second kappa shape index (κ2) is 13.4. The first-order valence-corrected chi connectivity index (χ1v) is 11.4. The molecular formula is C24H38F4O3. The summed E-state index contributed by atoms with van der Waals surface area (Å²) in [5.41, 5.74) is -0.277. The van der Waals surface area contributed by atoms with Crippen LogP contribution in [0.15, 0.2) is 6.07 Å². The molecule has 3 nitrogen and oxygen atoms in total. The summed E-state index contributed by atoms with van der Waals surface area (Å²) < 4.78 is 66.1. The lowest BCUT2D eigenvalue weighted by molar-refractivity contribution is -0.407. The molecule has 0 fully saturated rings. The largest absolute Gasteiger partial charge is 0.343 e. The van der Waals surface area contributed by atoms with E-state index in [0.717, 1.165) is 32.1 Å². The van der Waals surface area contributed by atoms with E-state index < -0.39 is 35.2 Å². The highest BCUT2D eigenvalue weighted by Gasteiger charge is 2.40. The summed E-state index contributed by atoms with van der Waals surface area (Å²) in [6.07, 6.45) is 6.20. The molecule has 0 aliphatic heterocycles. The monoisotopic (exact) mass is 450 g/mol. The highest BCUT2D eigenvalue weighted by molar-refractivity contribution is 5.22. The number of hydrogen-bond acceptors (Lipinski definition) is 3. The minimum Gasteiger partial charge on any atom is -0.343 e. The number of aliphatic hydroxyl groups is 1. The van der Waals surface area contributed by atoms with Gasteiger partial charge in [-0.15, -0.1) is 0 Å². The molecule has 180 valence electrons. The molecular weight excluding hydrogens is 412 g/mol. The Bertz CT molecular complexity index is 655. The summed E-state index contributed by atoms with van der Waals surface area (Å²) >= 11 is 0. The Balaban J connectivity index is 3.00. The minimum atomic E-state index is -1.92. The van der Waals surface area contributed by atoms with Gasteiger partial charge in [-0.3, -0.25) is 0 Å². The molecule has 0 aliphatic carbocycles. The van der Waals surface area contributed by atoms with Crippen LogP contribution in [0.2, 0.25) is 0 Å². The second-order valence-corrected chi connectivity index (χ2v) is 8.72. The fourth-order valence-corrected chi connectivity index (χ4v) is 3.71. The van der Waals surface area contributed by atoms with Gasteiger partial charge in [-0.25, -0.2) is 17.6 Å². The van der Waals surface area contributed by atoms with Crippen molar-refractivity contribution in [2.45, 2.75) is 111 Å². The molecule has 0 aromatic heterocycles. The van der Waals surface area contributed by atoms with Gasteiger partial charge < -0.3 is 14.6 Å². The number of rotatable bonds is 15. The van der Waals surface area contributed by atoms with Gasteiger partial charge in [-0.2, -0.15) is 0 Å². The molecule has 1 aromatic rings. The molecule has 1 aromatic carbocycles. The molecule has 0 spiro atoms. The first-order valence-electron chi connectivity index (χ1n) is 11.4. The van der Waals surface area contributed by atoms with Gasteiger partial charge in [0.15, 0.2) is 23.3 Å². The van der Waals surface area contributed by atoms with Gasteiger partial charge in [0.25, 0.3) is 5.97 Å². The molecule has 31 heavy (non-hydrogen) atoms. The molecule has 0 bridgehead atoms. The molecule has 0 heterocycles. The number of benzene rings is 1. The molecule has 1 atom stereocenters. The first kappa shape index (κ1) is 27.9. The predicted molar refractivity (Wildman–Crippen MR) is 113 cm³/mol. The first-order chi connectivity index (χ1) is 14.5. The fourth-order valence-electron chi connectivity index (χ4n) is 3.71. The number of halogens is 4. The number of hydrogen-bond donors (Lipinski definition) is 1. The van der Waals surface area contributed by atoms with Crippen LogP contribution in [0.3, 0.4) is 0 Å². The van der Waals surface area contributed by atoms with Crippen LogP contribution < -0.4 is 0 Å². The average molecular weight is 451 g/mol. The summed E-state index contributed by atoms with van der Waals surface area (Å²) in [7, 11) is 0. The van der Waals surface area contributed by atoms with Gasteiger partial charge in [0.05, 0.1) is 12.2 Å². The summed E-state index contributed by atoms with van der Waals surface area (Å²) in [5, 5.41) is 11.2. The van der Waals surface area contributed by atoms with Crippen LogP contribution in [0, 0.1) is 29.2 Å². The third-order valence-electron chi connectivity index (χ3n) is 5.17. The molecule has 1 unspecified atom stereocenters. The van der Waals surface area contributed by atoms with E-state index in [-0.39, 0.29) is 30.6 Å². The number of ether oxygens (including phenoxy) is 2. The van der Waals surface area contributed by atoms with Crippen LogP contribution in [0.5, 0.6) is 0 Å². The quantitative estimate of drug-likeness (QED) is 0.102. The Hall–Kier alpha value is -1.18. The lowest BCUT2D eigenvalue weighted by atomic mass is 9.91. The molecule has 0 saturated heterocycles. The molecule has 1 rings (SSSR count). The Morgan fingerprint density at radius 3 is 1.90 bits per heavy atom. The van der Waals surface area contributed by atoms with Crippen molar-refractivity contribution in [3.05, 3.63) is 34.9 Å². The van der Waals surface area contributed by atoms with E-state index >= 15 is 0 Å². The Kier molecular flexibility index (Phi) is 12.0. The van der Waals surface area contributed by atoms with Gasteiger partial charge in [-0.05, 0) is 58.6 Å². The van der Waals surface area contributed by atoms with Crippen LogP contribution in [0.4, 0.5) is 17.6 Å². The number of unbranched alkanes of at least 4 members (excludes halogenated alkanes) is 5. The van der Waals surface area contributed by atoms with Gasteiger partial charge in [0.1, 0.15) is 0 Å². The Labute approximate surface area is 184 Å². The van der Waals surface area contributed by atoms with Gasteiger partial charge in [0.2, 0.25) is 0 Å². The second-order valence-electron chi connectivity index (χ2n) is 8.72. The van der Waals surface area contributed by atoms with E-state index in [9.17, 15) is 22.7 Å². The van der Waals surface area contributed by atoms with E-state index in [4.69, 9.17) is 9.47 Å². The SMILES string of the molecule is CCCCCCCCC(CCc1cc(F)c(F)c(F)c1F)C(O)(OC(C)C)OC(C)C. The maximum absolute atomic E-state index is 14.1. The highest BCUT2D eigenvalue weighted by atomic mass is 19.2. The molecule has 0 saturated carbocycles. The van der Waals surface area contributed by atoms with Crippen molar-refractivity contribution in [2.24, 2.45) is 5.92 Å². The molecule has 7 heteroatoms. The summed E-state index contributed by atoms with van der Waals surface area (Å²) in [4.78, 5) is 0. The maximum atomic E-state index is 14.1. The van der Waals surface area contributed by atoms with Crippen molar-refractivity contribution in [3.63, 3.8) is 0 Å². The van der Waals surface area contributed by atoms with Crippen molar-refractivity contribution < 1.29 is 32.1 Å². The number of aryl methyl sites for hydroxylation is 1. The van der Waals surface area contributed by atoms with Crippen LogP contribution in [0.25, 0.3) is 0 Å². The van der Waals surface area contributed by atoms with Crippen LogP contribution in [0.1, 0.15) is 91.5 Å². The van der Waals surface area contributed by atoms with E-state index in [1.807, 2.05) is 0 Å². The fraction of sp³-hybridized carbons (Fsp3) is 0.750. The van der Waals surface area contributed by atoms with Crippen LogP contribution in [-0.2, 0) is 15.9 Å². The van der Waals surface area contributed by atoms with Gasteiger partial charge >= 0.3 is 0 Å². The van der Waals surface area contributed by atoms with Crippen molar-refractivity contribution in [3.8, 4) is 0 Å². The predicted octanol–water partition coefficient (Wildman–Crippen LogP) is 7.04. The molecule has 1 N–H and O–H groups in total. The lowest BCUT2D eigenvalue weighted by Gasteiger charge is -2.38. The van der Waals surface area contributed by atoms with Gasteiger partial charge in [0, 0.05) is 5.92 Å². The topological polar surface area (TPSA) is 38.7 Å². The standard InChI is InChI=1S/C24H38F4O3/c1-6-7-8-9-10-11-12-19(24(29,30-16(2)3)31-17(4)5)14-13-18-15-20(25)22(27)23(28)21(18)26/h15-17,19,29H,6-14H2,1-5H3. The molecule has 0 radical (unpaired) electrons. The minimum absolute atomic E-state index is 0.0916. The molecule has 0 amide bonds. The molecule has 0 aliphatic rings. The summed E-state index contributed by atoms with van der Waals surface area (Å²) in [6.45, 7) is 9.20. The summed E-state index contributed by atoms with van der Waals surface area (Å²) in [6, 6.07) is 0.668. The smallest absolute Gasteiger partial charge is 0.283 e. The van der Waals surface area contributed by atoms with E-state index in [1.165, 1.54) is 6.42 Å². The zero-order chi connectivity index (χ0) is 23.6. The van der Waals surface area contributed by atoms with Crippen molar-refractivity contribution in [1.29, 1.82) is 0 Å². The zero-order valence-corrected chi connectivity index (χ0v) is 19.4. The lowest BCUT2D eigenvalue weighted by Crippen LogP contribution is -2.47. The van der Waals surface area contributed by atoms with Crippen molar-refractivity contribution in [2.75, 3.05) is 0 Å². The van der Waals surface area contributed by atoms with Crippen molar-refractivity contribution >= 4 is 0 Å². The maximum Gasteiger partial charge on any atom is 0.283 e. The third-order valence-corrected chi connectivity index (χ3v) is 5.17. The average Bonchev–Trinajstić information content (AvgIpc) is 2.67. The Morgan fingerprint density at radius 2 is 1.35 bits per heavy atom. The van der Waals surface area contributed by atoms with Gasteiger partial charge in [-0.1, -0.05) is 45.4 Å². The summed E-state index contributed by atoms with van der Waals surface area (Å²) in [5.74, 6) is -8.97.